The van der Waals surface area contributed by atoms with Crippen molar-refractivity contribution in [1.29, 1.82) is 0 Å². The van der Waals surface area contributed by atoms with E-state index in [1.807, 2.05) is 25.3 Å². The monoisotopic (exact) mass is 519 g/mol. The highest BCUT2D eigenvalue weighted by Crippen LogP contribution is 2.28. The molecule has 0 amide bonds. The largest absolute Gasteiger partial charge is 1.00 e. The lowest BCUT2D eigenvalue weighted by molar-refractivity contribution is -0.646. The molecule has 0 atom stereocenters. The quantitative estimate of drug-likeness (QED) is 0.232. The Bertz CT molecular complexity index is 1110. The molecule has 1 saturated heterocycles. The number of nitro benzene ring substituents is 1. The van der Waals surface area contributed by atoms with E-state index < -0.39 is 4.92 Å². The number of pyridine rings is 1. The number of hydrogen-bond donors (Lipinski definition) is 1. The molecule has 0 unspecified atom stereocenters. The standard InChI is InChI=1S/C22H21N3O4.HI/c1-23-17(7-6-16-14-18(25(27)28)8-9-22(16)26)15-21(24-10-12-29-13-11-24)19-4-2-3-5-20(19)23;/h2-9,14-15H,10-13H2,1H3;1H. The van der Waals surface area contributed by atoms with Crippen molar-refractivity contribution in [3.05, 3.63) is 69.9 Å². The summed E-state index contributed by atoms with van der Waals surface area (Å²) in [6.45, 7) is 3.04. The second kappa shape index (κ2) is 9.40. The van der Waals surface area contributed by atoms with Crippen LogP contribution in [0.15, 0.2) is 48.5 Å². The minimum Gasteiger partial charge on any atom is -1.00 e. The number of phenolic OH excluding ortho intramolecular Hbond substituents is 1. The summed E-state index contributed by atoms with van der Waals surface area (Å²) in [5, 5.41) is 22.3. The summed E-state index contributed by atoms with van der Waals surface area (Å²) in [5.41, 5.74) is 3.49. The van der Waals surface area contributed by atoms with Crippen LogP contribution in [0.5, 0.6) is 5.75 Å². The molecule has 0 spiro atoms. The highest BCUT2D eigenvalue weighted by atomic mass is 127. The molecule has 8 heteroatoms. The molecule has 4 rings (SSSR count). The minimum atomic E-state index is -0.469. The number of fused-ring (bicyclic) bond motifs is 1. The van der Waals surface area contributed by atoms with Crippen molar-refractivity contribution in [3.8, 4) is 5.75 Å². The summed E-state index contributed by atoms with van der Waals surface area (Å²) in [7, 11) is 1.98. The third-order valence-corrected chi connectivity index (χ3v) is 5.22. The first kappa shape index (κ1) is 22.0. The Hall–Kier alpha value is -2.72. The number of halogens is 1. The van der Waals surface area contributed by atoms with Gasteiger partial charge in [0.2, 0.25) is 11.2 Å². The Balaban J connectivity index is 0.00000256. The zero-order chi connectivity index (χ0) is 20.4. The average molecular weight is 519 g/mol. The lowest BCUT2D eigenvalue weighted by Crippen LogP contribution is -3.00. The molecule has 3 aromatic rings. The highest BCUT2D eigenvalue weighted by Gasteiger charge is 2.20. The van der Waals surface area contributed by atoms with Gasteiger partial charge in [0.1, 0.15) is 12.8 Å². The van der Waals surface area contributed by atoms with Gasteiger partial charge in [0.05, 0.1) is 29.2 Å². The SMILES string of the molecule is C[n+]1c(/C=C/c2cc([N+](=O)[O-])ccc2O)cc(N2CCOCC2)c2ccccc21.[I-]. The van der Waals surface area contributed by atoms with Crippen molar-refractivity contribution in [2.24, 2.45) is 7.05 Å². The molecule has 156 valence electrons. The number of para-hydroxylation sites is 1. The van der Waals surface area contributed by atoms with Crippen LogP contribution >= 0.6 is 0 Å². The van der Waals surface area contributed by atoms with Gasteiger partial charge < -0.3 is 38.7 Å². The van der Waals surface area contributed by atoms with Crippen LogP contribution in [0.25, 0.3) is 23.1 Å². The molecule has 2 heterocycles. The lowest BCUT2D eigenvalue weighted by atomic mass is 10.1. The number of aromatic nitrogens is 1. The van der Waals surface area contributed by atoms with Crippen LogP contribution in [0.3, 0.4) is 0 Å². The van der Waals surface area contributed by atoms with Crippen molar-refractivity contribution in [2.45, 2.75) is 0 Å². The second-order valence-corrected chi connectivity index (χ2v) is 6.96. The van der Waals surface area contributed by atoms with Gasteiger partial charge >= 0.3 is 0 Å². The molecule has 2 aromatic carbocycles. The van der Waals surface area contributed by atoms with Gasteiger partial charge in [-0.25, -0.2) is 0 Å². The Morgan fingerprint density at radius 1 is 1.13 bits per heavy atom. The van der Waals surface area contributed by atoms with Crippen LogP contribution in [0.4, 0.5) is 11.4 Å². The molecule has 1 aliphatic heterocycles. The summed E-state index contributed by atoms with van der Waals surface area (Å²) in [6.07, 6.45) is 3.57. The van der Waals surface area contributed by atoms with E-state index in [1.54, 1.807) is 6.08 Å². The summed E-state index contributed by atoms with van der Waals surface area (Å²) in [5.74, 6) is 0.00342. The fourth-order valence-corrected chi connectivity index (χ4v) is 3.63. The van der Waals surface area contributed by atoms with Gasteiger partial charge in [0.25, 0.3) is 5.69 Å². The maximum atomic E-state index is 11.0. The molecular weight excluding hydrogens is 497 g/mol. The van der Waals surface area contributed by atoms with E-state index in [-0.39, 0.29) is 35.4 Å². The van der Waals surface area contributed by atoms with Crippen LogP contribution in [0, 0.1) is 10.1 Å². The van der Waals surface area contributed by atoms with E-state index >= 15 is 0 Å². The average Bonchev–Trinajstić information content (AvgIpc) is 2.75. The van der Waals surface area contributed by atoms with Crippen molar-refractivity contribution in [2.75, 3.05) is 31.2 Å². The molecule has 1 N–H and O–H groups in total. The van der Waals surface area contributed by atoms with Crippen molar-refractivity contribution in [3.63, 3.8) is 0 Å². The first-order chi connectivity index (χ1) is 14.0. The second-order valence-electron chi connectivity index (χ2n) is 6.96. The molecule has 0 bridgehead atoms. The zero-order valence-electron chi connectivity index (χ0n) is 16.5. The maximum absolute atomic E-state index is 11.0. The van der Waals surface area contributed by atoms with Crippen molar-refractivity contribution < 1.29 is 43.3 Å². The van der Waals surface area contributed by atoms with E-state index in [0.717, 1.165) is 35.4 Å². The predicted molar refractivity (Wildman–Crippen MR) is 112 cm³/mol. The van der Waals surface area contributed by atoms with Crippen LogP contribution in [-0.4, -0.2) is 36.3 Å². The van der Waals surface area contributed by atoms with Gasteiger partial charge in [0.15, 0.2) is 0 Å². The summed E-state index contributed by atoms with van der Waals surface area (Å²) < 4.78 is 7.57. The minimum absolute atomic E-state index is 0. The predicted octanol–water partition coefficient (Wildman–Crippen LogP) is 0.289. The van der Waals surface area contributed by atoms with E-state index in [4.69, 9.17) is 4.74 Å². The van der Waals surface area contributed by atoms with Gasteiger partial charge in [-0.1, -0.05) is 12.1 Å². The van der Waals surface area contributed by atoms with Crippen molar-refractivity contribution >= 4 is 34.4 Å². The van der Waals surface area contributed by atoms with Crippen LogP contribution in [-0.2, 0) is 11.8 Å². The Labute approximate surface area is 191 Å². The van der Waals surface area contributed by atoms with Gasteiger partial charge in [-0.15, -0.1) is 0 Å². The molecule has 1 aliphatic rings. The van der Waals surface area contributed by atoms with E-state index in [1.165, 1.54) is 18.2 Å². The normalized spacial score (nSPS) is 14.1. The Morgan fingerprint density at radius 2 is 1.87 bits per heavy atom. The smallest absolute Gasteiger partial charge is 0.270 e. The molecule has 1 aromatic heterocycles. The Kier molecular flexibility index (Phi) is 6.88. The van der Waals surface area contributed by atoms with Gasteiger partial charge in [-0.3, -0.25) is 10.1 Å². The first-order valence-corrected chi connectivity index (χ1v) is 9.44. The lowest BCUT2D eigenvalue weighted by Gasteiger charge is -2.29. The topological polar surface area (TPSA) is 79.7 Å². The first-order valence-electron chi connectivity index (χ1n) is 9.44. The highest BCUT2D eigenvalue weighted by molar-refractivity contribution is 5.91. The summed E-state index contributed by atoms with van der Waals surface area (Å²) in [4.78, 5) is 12.9. The fraction of sp³-hybridized carbons (Fsp3) is 0.227. The van der Waals surface area contributed by atoms with Crippen molar-refractivity contribution in [1.82, 2.24) is 0 Å². The third kappa shape index (κ3) is 4.39. The number of benzene rings is 2. The number of aryl methyl sites for hydroxylation is 1. The molecule has 0 aliphatic carbocycles. The summed E-state index contributed by atoms with van der Waals surface area (Å²) in [6, 6.07) is 14.3. The molecular formula is C22H22IN3O4. The number of anilines is 1. The number of nitro groups is 1. The third-order valence-electron chi connectivity index (χ3n) is 5.22. The zero-order valence-corrected chi connectivity index (χ0v) is 18.7. The van der Waals surface area contributed by atoms with Crippen LogP contribution < -0.4 is 33.4 Å². The summed E-state index contributed by atoms with van der Waals surface area (Å²) >= 11 is 0. The Morgan fingerprint density at radius 3 is 2.60 bits per heavy atom. The fourth-order valence-electron chi connectivity index (χ4n) is 3.63. The van der Waals surface area contributed by atoms with E-state index in [0.29, 0.717) is 18.8 Å². The number of morpholine rings is 1. The van der Waals surface area contributed by atoms with Crippen LogP contribution in [0.1, 0.15) is 11.3 Å². The molecule has 0 radical (unpaired) electrons. The van der Waals surface area contributed by atoms with Gasteiger partial charge in [-0.05, 0) is 18.2 Å². The molecule has 30 heavy (non-hydrogen) atoms. The van der Waals surface area contributed by atoms with Gasteiger partial charge in [0, 0.05) is 49.0 Å². The number of hydrogen-bond acceptors (Lipinski definition) is 5. The van der Waals surface area contributed by atoms with E-state index in [2.05, 4.69) is 27.7 Å². The number of rotatable bonds is 4. The number of ether oxygens (including phenoxy) is 1. The molecule has 7 nitrogen and oxygen atoms in total. The maximum Gasteiger partial charge on any atom is 0.270 e. The number of non-ortho nitro benzene ring substituents is 1. The van der Waals surface area contributed by atoms with E-state index in [9.17, 15) is 15.2 Å². The number of phenols is 1. The molecule has 0 saturated carbocycles. The number of nitrogens with zero attached hydrogens (tertiary/aromatic N) is 3. The number of aromatic hydroxyl groups is 1. The van der Waals surface area contributed by atoms with Crippen LogP contribution in [0.2, 0.25) is 0 Å². The molecule has 1 fully saturated rings. The van der Waals surface area contributed by atoms with Gasteiger partial charge in [-0.2, -0.15) is 4.57 Å².